The Morgan fingerprint density at radius 2 is 1.86 bits per heavy atom. The van der Waals surface area contributed by atoms with Crippen LogP contribution in [0, 0.1) is 6.92 Å². The molecule has 1 atom stereocenters. The average Bonchev–Trinajstić information content (AvgIpc) is 3.43. The second-order valence-corrected chi connectivity index (χ2v) is 11.3. The van der Waals surface area contributed by atoms with Gasteiger partial charge in [0.05, 0.1) is 10.4 Å². The molecule has 1 fully saturated rings. The molecule has 10 heteroatoms. The van der Waals surface area contributed by atoms with Crippen LogP contribution in [0.3, 0.4) is 0 Å². The lowest BCUT2D eigenvalue weighted by Gasteiger charge is -2.19. The topological polar surface area (TPSA) is 112 Å². The Morgan fingerprint density at radius 3 is 2.62 bits per heavy atom. The molecule has 2 aliphatic rings. The van der Waals surface area contributed by atoms with Crippen molar-refractivity contribution in [2.24, 2.45) is 0 Å². The Balaban J connectivity index is 1.25. The number of fused-ring (bicyclic) bond motifs is 1. The molecule has 1 aromatic heterocycles. The Bertz CT molecular complexity index is 1430. The minimum absolute atomic E-state index is 0.230. The van der Waals surface area contributed by atoms with Crippen LogP contribution in [0.2, 0.25) is 0 Å². The summed E-state index contributed by atoms with van der Waals surface area (Å²) in [5.41, 5.74) is 5.63. The number of aryl methyl sites for hydroxylation is 1. The zero-order valence-corrected chi connectivity index (χ0v) is 22.1. The van der Waals surface area contributed by atoms with Crippen molar-refractivity contribution in [2.45, 2.75) is 37.0 Å². The van der Waals surface area contributed by atoms with E-state index >= 15 is 0 Å². The Hall–Kier alpha value is -3.34. The quantitative estimate of drug-likeness (QED) is 0.393. The van der Waals surface area contributed by atoms with E-state index in [2.05, 4.69) is 65.8 Å². The average molecular weight is 520 g/mol. The highest BCUT2D eigenvalue weighted by Crippen LogP contribution is 2.30. The van der Waals surface area contributed by atoms with Gasteiger partial charge in [0.1, 0.15) is 5.52 Å². The number of allylic oxidation sites excluding steroid dienone is 4. The summed E-state index contributed by atoms with van der Waals surface area (Å²) < 4.78 is 28.0. The number of sulfonamides is 1. The number of benzene rings is 2. The molecule has 0 amide bonds. The highest BCUT2D eigenvalue weighted by Gasteiger charge is 2.18. The first-order chi connectivity index (χ1) is 17.9. The summed E-state index contributed by atoms with van der Waals surface area (Å²) in [4.78, 5) is 7.18. The molecule has 1 aliphatic carbocycles. The van der Waals surface area contributed by atoms with E-state index in [0.29, 0.717) is 18.2 Å². The Kier molecular flexibility index (Phi) is 7.50. The van der Waals surface area contributed by atoms with Crippen molar-refractivity contribution in [2.75, 3.05) is 38.5 Å². The summed E-state index contributed by atoms with van der Waals surface area (Å²) in [6.45, 7) is 5.26. The van der Waals surface area contributed by atoms with E-state index in [1.807, 2.05) is 14.0 Å². The summed E-state index contributed by atoms with van der Waals surface area (Å²) in [6, 6.07) is 10.8. The number of anilines is 2. The lowest BCUT2D eigenvalue weighted by Crippen LogP contribution is -2.33. The highest BCUT2D eigenvalue weighted by atomic mass is 32.2. The van der Waals surface area contributed by atoms with Crippen LogP contribution in [0.4, 0.5) is 11.6 Å². The zero-order chi connectivity index (χ0) is 25.8. The molecular weight excluding hydrogens is 486 g/mol. The molecule has 1 saturated heterocycles. The number of hydrogen-bond acceptors (Lipinski definition) is 8. The zero-order valence-electron chi connectivity index (χ0n) is 21.2. The standard InChI is InChI=1S/C27H33N7O2S/c1-19-16-21(20-6-5-7-23(17-20)28-2)18-25-26(19)31-27(33-32-25)30-22-8-10-24(11-9-22)37(35,36)29-12-15-34-13-3-4-14-34/h5-11,16,18,20,28-29H,3-4,12-15,17H2,1-2H3,(H,30,31,33). The van der Waals surface area contributed by atoms with Gasteiger partial charge in [-0.25, -0.2) is 18.1 Å². The maximum absolute atomic E-state index is 12.6. The summed E-state index contributed by atoms with van der Waals surface area (Å²) in [6.07, 6.45) is 9.66. The highest BCUT2D eigenvalue weighted by molar-refractivity contribution is 7.89. The summed E-state index contributed by atoms with van der Waals surface area (Å²) in [5, 5.41) is 15.1. The van der Waals surface area contributed by atoms with Gasteiger partial charge in [-0.3, -0.25) is 0 Å². The Labute approximate surface area is 218 Å². The first-order valence-electron chi connectivity index (χ1n) is 12.7. The molecule has 3 aromatic rings. The van der Waals surface area contributed by atoms with E-state index in [-0.39, 0.29) is 10.8 Å². The molecule has 0 spiro atoms. The van der Waals surface area contributed by atoms with Gasteiger partial charge >= 0.3 is 0 Å². The van der Waals surface area contributed by atoms with Crippen molar-refractivity contribution >= 4 is 32.7 Å². The minimum Gasteiger partial charge on any atom is -0.391 e. The van der Waals surface area contributed by atoms with Gasteiger partial charge in [-0.2, -0.15) is 0 Å². The third-order valence-electron chi connectivity index (χ3n) is 6.94. The van der Waals surface area contributed by atoms with Crippen molar-refractivity contribution in [3.63, 3.8) is 0 Å². The molecule has 0 saturated carbocycles. The largest absolute Gasteiger partial charge is 0.391 e. The monoisotopic (exact) mass is 519 g/mol. The fraction of sp³-hybridized carbons (Fsp3) is 0.370. The van der Waals surface area contributed by atoms with Crippen molar-refractivity contribution in [1.29, 1.82) is 0 Å². The van der Waals surface area contributed by atoms with E-state index in [0.717, 1.165) is 42.7 Å². The number of rotatable bonds is 9. The second kappa shape index (κ2) is 11.0. The van der Waals surface area contributed by atoms with Crippen LogP contribution < -0.4 is 15.4 Å². The van der Waals surface area contributed by atoms with Crippen LogP contribution >= 0.6 is 0 Å². The number of aromatic nitrogens is 3. The SMILES string of the molecule is CNC1=CC=CC(c2cc(C)c3nc(Nc4ccc(S(=O)(=O)NCCN5CCCC5)cc4)nnc3c2)C1. The molecule has 1 unspecified atom stereocenters. The predicted molar refractivity (Wildman–Crippen MR) is 146 cm³/mol. The van der Waals surface area contributed by atoms with Crippen molar-refractivity contribution < 1.29 is 8.42 Å². The van der Waals surface area contributed by atoms with Gasteiger partial charge in [0.2, 0.25) is 16.0 Å². The molecular formula is C27H33N7O2S. The maximum Gasteiger partial charge on any atom is 0.247 e. The molecule has 2 aromatic carbocycles. The lowest BCUT2D eigenvalue weighted by molar-refractivity contribution is 0.344. The van der Waals surface area contributed by atoms with E-state index in [1.165, 1.54) is 24.1 Å². The molecule has 0 radical (unpaired) electrons. The van der Waals surface area contributed by atoms with E-state index < -0.39 is 10.0 Å². The molecule has 0 bridgehead atoms. The van der Waals surface area contributed by atoms with E-state index in [4.69, 9.17) is 0 Å². The number of likely N-dealkylation sites (tertiary alicyclic amines) is 1. The van der Waals surface area contributed by atoms with Crippen LogP contribution in [-0.4, -0.2) is 61.7 Å². The first-order valence-corrected chi connectivity index (χ1v) is 14.2. The van der Waals surface area contributed by atoms with Gasteiger partial charge in [-0.1, -0.05) is 18.2 Å². The van der Waals surface area contributed by atoms with Crippen LogP contribution in [0.15, 0.2) is 65.2 Å². The summed E-state index contributed by atoms with van der Waals surface area (Å²) >= 11 is 0. The van der Waals surface area contributed by atoms with Gasteiger partial charge in [-0.15, -0.1) is 10.2 Å². The van der Waals surface area contributed by atoms with E-state index in [9.17, 15) is 8.42 Å². The molecule has 9 nitrogen and oxygen atoms in total. The van der Waals surface area contributed by atoms with Crippen molar-refractivity contribution in [3.05, 3.63) is 71.5 Å². The van der Waals surface area contributed by atoms with Crippen LogP contribution in [-0.2, 0) is 10.0 Å². The minimum atomic E-state index is -3.56. The fourth-order valence-electron chi connectivity index (χ4n) is 4.87. The van der Waals surface area contributed by atoms with Gasteiger partial charge < -0.3 is 15.5 Å². The summed E-state index contributed by atoms with van der Waals surface area (Å²) in [7, 11) is -1.61. The third-order valence-corrected chi connectivity index (χ3v) is 8.42. The fourth-order valence-corrected chi connectivity index (χ4v) is 5.89. The van der Waals surface area contributed by atoms with Crippen LogP contribution in [0.25, 0.3) is 11.0 Å². The molecule has 37 heavy (non-hydrogen) atoms. The predicted octanol–water partition coefficient (Wildman–Crippen LogP) is 3.60. The van der Waals surface area contributed by atoms with Gasteiger partial charge in [-0.05, 0) is 86.8 Å². The first kappa shape index (κ1) is 25.3. The van der Waals surface area contributed by atoms with Crippen LogP contribution in [0.5, 0.6) is 0 Å². The summed E-state index contributed by atoms with van der Waals surface area (Å²) in [5.74, 6) is 0.639. The third kappa shape index (κ3) is 5.98. The van der Waals surface area contributed by atoms with Gasteiger partial charge in [0, 0.05) is 37.4 Å². The van der Waals surface area contributed by atoms with Gasteiger partial charge in [0.25, 0.3) is 0 Å². The number of nitrogens with one attached hydrogen (secondary N) is 3. The molecule has 2 heterocycles. The Morgan fingerprint density at radius 1 is 1.08 bits per heavy atom. The van der Waals surface area contributed by atoms with Crippen molar-refractivity contribution in [1.82, 2.24) is 30.1 Å². The molecule has 3 N–H and O–H groups in total. The normalized spacial score (nSPS) is 18.2. The number of hydrogen-bond donors (Lipinski definition) is 3. The molecule has 194 valence electrons. The second-order valence-electron chi connectivity index (χ2n) is 9.57. The van der Waals surface area contributed by atoms with E-state index in [1.54, 1.807) is 24.3 Å². The molecule has 5 rings (SSSR count). The van der Waals surface area contributed by atoms with Crippen molar-refractivity contribution in [3.8, 4) is 0 Å². The number of nitrogens with zero attached hydrogens (tertiary/aromatic N) is 4. The lowest BCUT2D eigenvalue weighted by atomic mass is 9.89. The molecule has 1 aliphatic heterocycles. The smallest absolute Gasteiger partial charge is 0.247 e. The maximum atomic E-state index is 12.6. The van der Waals surface area contributed by atoms with Crippen LogP contribution in [0.1, 0.15) is 36.3 Å². The van der Waals surface area contributed by atoms with Gasteiger partial charge in [0.15, 0.2) is 0 Å².